The molecule has 0 aliphatic rings. The minimum absolute atomic E-state index is 0.931. The van der Waals surface area contributed by atoms with Crippen molar-refractivity contribution in [1.29, 1.82) is 0 Å². The van der Waals surface area contributed by atoms with Crippen LogP contribution < -0.4 is 0 Å². The third kappa shape index (κ3) is 6.44. The van der Waals surface area contributed by atoms with Crippen LogP contribution in [0, 0.1) is 0 Å². The molecule has 0 aliphatic heterocycles. The zero-order valence-electron chi connectivity index (χ0n) is 18.9. The van der Waals surface area contributed by atoms with Crippen LogP contribution in [0.4, 0.5) is 11.4 Å². The Morgan fingerprint density at radius 2 is 0.970 bits per heavy atom. The Kier molecular flexibility index (Phi) is 9.48. The fraction of sp³-hybridized carbons (Fsp3) is 0.154. The average Bonchev–Trinajstić information content (AvgIpc) is 2.81. The topological polar surface area (TPSA) is 31.2 Å². The van der Waals surface area contributed by atoms with E-state index >= 15 is 0 Å². The predicted molar refractivity (Wildman–Crippen MR) is 148 cm³/mol. The quantitative estimate of drug-likeness (QED) is 0.131. The molecule has 0 aliphatic carbocycles. The van der Waals surface area contributed by atoms with Crippen molar-refractivity contribution in [2.45, 2.75) is 0 Å². The van der Waals surface area contributed by atoms with Crippen molar-refractivity contribution < 1.29 is 10.9 Å². The molecule has 0 aromatic heterocycles. The number of nitrogens with zero attached hydrogens (tertiary/aromatic N) is 4. The van der Waals surface area contributed by atoms with Gasteiger partial charge in [0.15, 0.2) is 0 Å². The van der Waals surface area contributed by atoms with E-state index in [1.54, 1.807) is 0 Å². The molecule has 0 N–H and O–H groups in total. The summed E-state index contributed by atoms with van der Waals surface area (Å²) in [5.74, 6) is 0. The number of benzene rings is 4. The van der Waals surface area contributed by atoms with E-state index in [-0.39, 0.29) is 0 Å². The molecule has 0 radical (unpaired) electrons. The first-order chi connectivity index (χ1) is 16.0. The predicted octanol–water partition coefficient (Wildman–Crippen LogP) is 7.79. The summed E-state index contributed by atoms with van der Waals surface area (Å²) in [7, 11) is 9.17. The van der Waals surface area contributed by atoms with Crippen LogP contribution in [0.3, 0.4) is 0 Å². The molecule has 0 saturated carbocycles. The molecule has 0 heterocycles. The Labute approximate surface area is 215 Å². The summed E-state index contributed by atoms with van der Waals surface area (Å²) in [5.41, 5.74) is 4.07. The van der Waals surface area contributed by atoms with Crippen LogP contribution in [0.5, 0.6) is 0 Å². The van der Waals surface area contributed by atoms with Crippen molar-refractivity contribution >= 4 is 74.0 Å². The molecule has 0 fully saturated rings. The van der Waals surface area contributed by atoms with Crippen molar-refractivity contribution in [3.63, 3.8) is 0 Å². The van der Waals surface area contributed by atoms with Gasteiger partial charge in [0.05, 0.1) is 24.1 Å². The maximum absolute atomic E-state index is 4.81. The van der Waals surface area contributed by atoms with Gasteiger partial charge in [-0.15, -0.1) is 0 Å². The average molecular weight is 613 g/mol. The van der Waals surface area contributed by atoms with Crippen molar-refractivity contribution in [1.82, 2.24) is 9.80 Å². The summed E-state index contributed by atoms with van der Waals surface area (Å²) in [6.45, 7) is 0. The van der Waals surface area contributed by atoms with E-state index in [0.29, 0.717) is 0 Å². The van der Waals surface area contributed by atoms with E-state index in [1.807, 2.05) is 50.7 Å². The third-order valence-corrected chi connectivity index (χ3v) is 4.92. The molecule has 0 amide bonds. The van der Waals surface area contributed by atoms with E-state index in [4.69, 9.17) is 9.98 Å². The van der Waals surface area contributed by atoms with Crippen LogP contribution in [-0.2, 0) is 10.9 Å². The molecule has 4 aromatic rings. The van der Waals surface area contributed by atoms with Crippen molar-refractivity contribution in [2.24, 2.45) is 9.98 Å². The summed E-state index contributed by atoms with van der Waals surface area (Å²) >= 11 is 6.00. The monoisotopic (exact) mass is 610 g/mol. The molecule has 4 rings (SSSR count). The molecular weight excluding hydrogens is 587 g/mol. The van der Waals surface area contributed by atoms with Crippen LogP contribution in [-0.4, -0.2) is 50.7 Å². The third-order valence-electron chi connectivity index (χ3n) is 4.92. The second-order valence-corrected chi connectivity index (χ2v) is 12.8. The molecule has 0 spiro atoms. The Balaban J connectivity index is 0.000000968. The molecule has 0 bridgehead atoms. The van der Waals surface area contributed by atoms with Crippen LogP contribution in [0.2, 0.25) is 0 Å². The number of hydrogen-bond acceptors (Lipinski definition) is 2. The Morgan fingerprint density at radius 1 is 0.606 bits per heavy atom. The summed E-state index contributed by atoms with van der Waals surface area (Å²) < 4.78 is 0. The summed E-state index contributed by atoms with van der Waals surface area (Å²) in [6.07, 6.45) is 3.70. The van der Waals surface area contributed by atoms with Crippen molar-refractivity contribution in [3.8, 4) is 11.1 Å². The van der Waals surface area contributed by atoms with Crippen LogP contribution in [0.15, 0.2) is 82.8 Å². The second-order valence-electron chi connectivity index (χ2n) is 7.82. The molecule has 0 atom stereocenters. The molecule has 7 heteroatoms. The standard InChI is InChI=1S/C26H26N4.2BrH.Ni/c1-29(2)17-27-23-15-13-19-9-5-7-11-21(19)25(23)26-22-12-8-6-10-20(22)14-16-24(26)28-18-30(3)4;;;/h5-18H,1-4H3;2*1H;/q;;;+4/p-2. The minimum atomic E-state index is 0.931. The summed E-state index contributed by atoms with van der Waals surface area (Å²) in [6, 6.07) is 25.4. The Morgan fingerprint density at radius 3 is 1.33 bits per heavy atom. The Bertz CT molecular complexity index is 1190. The first kappa shape index (κ1) is 25.4. The fourth-order valence-corrected chi connectivity index (χ4v) is 3.62. The van der Waals surface area contributed by atoms with Gasteiger partial charge in [-0.05, 0) is 33.7 Å². The van der Waals surface area contributed by atoms with Gasteiger partial charge in [0, 0.05) is 39.3 Å². The second kappa shape index (κ2) is 12.3. The van der Waals surface area contributed by atoms with Crippen LogP contribution in [0.1, 0.15) is 0 Å². The normalized spacial score (nSPS) is 11.3. The van der Waals surface area contributed by atoms with Gasteiger partial charge >= 0.3 is 39.3 Å². The molecular formula is C26H26Br2N4Ni+2. The first-order valence-electron chi connectivity index (χ1n) is 10.2. The number of halogens is 2. The zero-order chi connectivity index (χ0) is 23.8. The van der Waals surface area contributed by atoms with Gasteiger partial charge in [-0.3, -0.25) is 0 Å². The maximum atomic E-state index is 4.81. The SMILES string of the molecule is CN(C)C=Nc1ccc2ccccc2c1-c1c(N=CN(C)C)ccc2ccccc12.[Br][Ni+2][Br]. The van der Waals surface area contributed by atoms with E-state index < -0.39 is 0 Å². The van der Waals surface area contributed by atoms with Crippen LogP contribution >= 0.6 is 28.5 Å². The molecule has 0 unspecified atom stereocenters. The number of rotatable bonds is 5. The molecule has 4 nitrogen and oxygen atoms in total. The van der Waals surface area contributed by atoms with Gasteiger partial charge in [-0.25, -0.2) is 9.98 Å². The number of hydrogen-bond donors (Lipinski definition) is 0. The number of fused-ring (bicyclic) bond motifs is 2. The molecule has 0 saturated heterocycles. The van der Waals surface area contributed by atoms with E-state index in [2.05, 4.69) is 101 Å². The summed E-state index contributed by atoms with van der Waals surface area (Å²) in [4.78, 5) is 13.5. The van der Waals surface area contributed by atoms with Gasteiger partial charge in [0.25, 0.3) is 0 Å². The van der Waals surface area contributed by atoms with Gasteiger partial charge < -0.3 is 9.80 Å². The van der Waals surface area contributed by atoms with Crippen LogP contribution in [0.25, 0.3) is 32.7 Å². The number of aliphatic imine (C=N–C) groups is 2. The van der Waals surface area contributed by atoms with Crippen molar-refractivity contribution in [2.75, 3.05) is 28.2 Å². The molecule has 4 aromatic carbocycles. The van der Waals surface area contributed by atoms with Gasteiger partial charge in [-0.1, -0.05) is 60.7 Å². The first-order valence-corrected chi connectivity index (χ1v) is 15.1. The molecule has 172 valence electrons. The van der Waals surface area contributed by atoms with E-state index in [0.717, 1.165) is 22.5 Å². The van der Waals surface area contributed by atoms with Gasteiger partial charge in [0.1, 0.15) is 0 Å². The molecule has 33 heavy (non-hydrogen) atoms. The fourth-order valence-electron chi connectivity index (χ4n) is 3.62. The van der Waals surface area contributed by atoms with Crippen molar-refractivity contribution in [3.05, 3.63) is 72.8 Å². The summed E-state index contributed by atoms with van der Waals surface area (Å²) in [5, 5.41) is 4.71. The Hall–Kier alpha value is -2.21. The zero-order valence-corrected chi connectivity index (χ0v) is 23.1. The van der Waals surface area contributed by atoms with Gasteiger partial charge in [0.2, 0.25) is 0 Å². The van der Waals surface area contributed by atoms with E-state index in [9.17, 15) is 0 Å². The van der Waals surface area contributed by atoms with E-state index in [1.165, 1.54) is 32.4 Å². The van der Waals surface area contributed by atoms with Gasteiger partial charge in [-0.2, -0.15) is 0 Å².